The van der Waals surface area contributed by atoms with Crippen LogP contribution in [-0.2, 0) is 6.54 Å². The number of anilines is 1. The van der Waals surface area contributed by atoms with E-state index < -0.39 is 0 Å². The molecule has 0 saturated heterocycles. The minimum atomic E-state index is 0.675. The van der Waals surface area contributed by atoms with E-state index in [-0.39, 0.29) is 0 Å². The predicted octanol–water partition coefficient (Wildman–Crippen LogP) is 5.51. The molecule has 0 aliphatic rings. The quantitative estimate of drug-likeness (QED) is 0.501. The van der Waals surface area contributed by atoms with Gasteiger partial charge in [0.05, 0.1) is 17.0 Å². The van der Waals surface area contributed by atoms with Crippen molar-refractivity contribution < 1.29 is 0 Å². The fourth-order valence-corrected chi connectivity index (χ4v) is 3.13. The van der Waals surface area contributed by atoms with Gasteiger partial charge in [-0.25, -0.2) is 4.99 Å². The van der Waals surface area contributed by atoms with E-state index >= 15 is 0 Å². The highest BCUT2D eigenvalue weighted by atomic mass is 35.5. The molecule has 0 radical (unpaired) electrons. The second-order valence-electron chi connectivity index (χ2n) is 6.76. The van der Waals surface area contributed by atoms with Gasteiger partial charge in [0.15, 0.2) is 0 Å². The van der Waals surface area contributed by atoms with Crippen molar-refractivity contribution in [2.45, 2.75) is 34.2 Å². The number of nitrogens with zero attached hydrogens (tertiary/aromatic N) is 3. The minimum absolute atomic E-state index is 0.675. The highest BCUT2D eigenvalue weighted by Gasteiger charge is 2.10. The van der Waals surface area contributed by atoms with Crippen molar-refractivity contribution >= 4 is 29.3 Å². The van der Waals surface area contributed by atoms with Gasteiger partial charge < -0.3 is 9.80 Å². The highest BCUT2D eigenvalue weighted by Crippen LogP contribution is 2.33. The number of benzene rings is 2. The molecule has 0 fully saturated rings. The number of hydrogen-bond acceptors (Lipinski definition) is 2. The number of aliphatic imine (C=N–C) groups is 1. The summed E-state index contributed by atoms with van der Waals surface area (Å²) in [5, 5.41) is 0.675. The molecule has 0 saturated carbocycles. The van der Waals surface area contributed by atoms with Crippen LogP contribution < -0.4 is 4.90 Å². The molecule has 0 bridgehead atoms. The zero-order valence-electron chi connectivity index (χ0n) is 16.1. The Hall–Kier alpha value is -2.00. The first-order valence-corrected chi connectivity index (χ1v) is 9.00. The fraction of sp³-hybridized carbons (Fsp3) is 0.381. The molecule has 0 atom stereocenters. The van der Waals surface area contributed by atoms with Crippen LogP contribution in [0.25, 0.3) is 0 Å². The maximum atomic E-state index is 6.47. The molecule has 0 spiro atoms. The summed E-state index contributed by atoms with van der Waals surface area (Å²) in [6.45, 7) is 10.2. The van der Waals surface area contributed by atoms with E-state index in [2.05, 4.69) is 68.9 Å². The lowest BCUT2D eigenvalue weighted by atomic mass is 10.1. The number of halogens is 1. The summed E-state index contributed by atoms with van der Waals surface area (Å²) in [4.78, 5) is 8.75. The van der Waals surface area contributed by atoms with E-state index in [0.29, 0.717) is 5.02 Å². The SMILES string of the molecule is CCN(C)/C=N\c1cc(C)c(N(C)Cc2cc(C)cc(C)c2)cc1Cl. The van der Waals surface area contributed by atoms with Crippen LogP contribution in [-0.4, -0.2) is 31.9 Å². The molecule has 0 aliphatic heterocycles. The van der Waals surface area contributed by atoms with Crippen molar-refractivity contribution in [3.8, 4) is 0 Å². The second kappa shape index (κ2) is 8.39. The predicted molar refractivity (Wildman–Crippen MR) is 111 cm³/mol. The van der Waals surface area contributed by atoms with Crippen LogP contribution in [0.5, 0.6) is 0 Å². The van der Waals surface area contributed by atoms with Gasteiger partial charge in [-0.2, -0.15) is 0 Å². The summed E-state index contributed by atoms with van der Waals surface area (Å²) in [6.07, 6.45) is 1.82. The Labute approximate surface area is 156 Å². The Kier molecular flexibility index (Phi) is 6.49. The van der Waals surface area contributed by atoms with Crippen LogP contribution >= 0.6 is 11.6 Å². The van der Waals surface area contributed by atoms with Gasteiger partial charge >= 0.3 is 0 Å². The van der Waals surface area contributed by atoms with Crippen LogP contribution in [0.15, 0.2) is 35.3 Å². The Balaban J connectivity index is 2.24. The summed E-state index contributed by atoms with van der Waals surface area (Å²) in [7, 11) is 4.10. The van der Waals surface area contributed by atoms with E-state index in [0.717, 1.165) is 24.5 Å². The molecular weight excluding hydrogens is 330 g/mol. The average molecular weight is 358 g/mol. The number of hydrogen-bond donors (Lipinski definition) is 0. The molecule has 0 aliphatic carbocycles. The lowest BCUT2D eigenvalue weighted by Gasteiger charge is -2.23. The van der Waals surface area contributed by atoms with Gasteiger partial charge in [0, 0.05) is 32.9 Å². The van der Waals surface area contributed by atoms with Crippen molar-refractivity contribution in [2.24, 2.45) is 4.99 Å². The molecule has 2 aromatic carbocycles. The molecule has 0 amide bonds. The largest absolute Gasteiger partial charge is 0.370 e. The van der Waals surface area contributed by atoms with Gasteiger partial charge in [-0.3, -0.25) is 0 Å². The monoisotopic (exact) mass is 357 g/mol. The van der Waals surface area contributed by atoms with Crippen LogP contribution in [0.1, 0.15) is 29.2 Å². The van der Waals surface area contributed by atoms with E-state index in [1.54, 1.807) is 0 Å². The van der Waals surface area contributed by atoms with Crippen LogP contribution in [0.2, 0.25) is 5.02 Å². The van der Waals surface area contributed by atoms with Gasteiger partial charge in [0.25, 0.3) is 0 Å². The van der Waals surface area contributed by atoms with Gasteiger partial charge in [-0.05, 0) is 51.0 Å². The Morgan fingerprint density at radius 1 is 1.00 bits per heavy atom. The second-order valence-corrected chi connectivity index (χ2v) is 7.17. The third kappa shape index (κ3) is 5.23. The molecule has 134 valence electrons. The number of aryl methyl sites for hydroxylation is 3. The molecule has 0 unspecified atom stereocenters. The van der Waals surface area contributed by atoms with Gasteiger partial charge in [0.2, 0.25) is 0 Å². The third-order valence-electron chi connectivity index (χ3n) is 4.27. The normalized spacial score (nSPS) is 11.2. The van der Waals surface area contributed by atoms with Gasteiger partial charge in [0.1, 0.15) is 0 Å². The summed E-state index contributed by atoms with van der Waals surface area (Å²) in [6, 6.07) is 10.7. The van der Waals surface area contributed by atoms with Crippen LogP contribution in [0, 0.1) is 20.8 Å². The molecule has 3 nitrogen and oxygen atoms in total. The molecule has 0 aromatic heterocycles. The molecule has 2 rings (SSSR count). The Morgan fingerprint density at radius 2 is 1.64 bits per heavy atom. The number of rotatable bonds is 6. The zero-order valence-corrected chi connectivity index (χ0v) is 16.9. The molecule has 0 N–H and O–H groups in total. The van der Waals surface area contributed by atoms with Crippen LogP contribution in [0.4, 0.5) is 11.4 Å². The van der Waals surface area contributed by atoms with Crippen molar-refractivity contribution in [3.05, 3.63) is 57.6 Å². The Morgan fingerprint density at radius 3 is 2.24 bits per heavy atom. The summed E-state index contributed by atoms with van der Waals surface area (Å²) >= 11 is 6.47. The van der Waals surface area contributed by atoms with Crippen LogP contribution in [0.3, 0.4) is 0 Å². The fourth-order valence-electron chi connectivity index (χ4n) is 2.93. The highest BCUT2D eigenvalue weighted by molar-refractivity contribution is 6.33. The Bertz CT molecular complexity index is 748. The third-order valence-corrected chi connectivity index (χ3v) is 4.57. The maximum absolute atomic E-state index is 6.47. The average Bonchev–Trinajstić information content (AvgIpc) is 2.53. The standard InChI is InChI=1S/C21H28ClN3/c1-7-24(5)14-23-20-11-17(4)21(12-19(20)22)25(6)13-18-9-15(2)8-16(3)10-18/h8-12,14H,7,13H2,1-6H3/b23-14-. The van der Waals surface area contributed by atoms with E-state index in [9.17, 15) is 0 Å². The molecule has 2 aromatic rings. The first-order valence-electron chi connectivity index (χ1n) is 8.63. The van der Waals surface area contributed by atoms with E-state index in [1.807, 2.05) is 24.4 Å². The van der Waals surface area contributed by atoms with Gasteiger partial charge in [-0.15, -0.1) is 0 Å². The summed E-state index contributed by atoms with van der Waals surface area (Å²) in [5.74, 6) is 0. The van der Waals surface area contributed by atoms with Crippen molar-refractivity contribution in [3.63, 3.8) is 0 Å². The first kappa shape index (κ1) is 19.3. The van der Waals surface area contributed by atoms with Gasteiger partial charge in [-0.1, -0.05) is 40.9 Å². The molecule has 4 heteroatoms. The van der Waals surface area contributed by atoms with Crippen molar-refractivity contribution in [1.29, 1.82) is 0 Å². The summed E-state index contributed by atoms with van der Waals surface area (Å²) < 4.78 is 0. The topological polar surface area (TPSA) is 18.8 Å². The van der Waals surface area contributed by atoms with Crippen molar-refractivity contribution in [2.75, 3.05) is 25.5 Å². The smallest absolute Gasteiger partial charge is 0.0910 e. The zero-order chi connectivity index (χ0) is 18.6. The van der Waals surface area contributed by atoms with E-state index in [4.69, 9.17) is 11.6 Å². The molecular formula is C21H28ClN3. The lowest BCUT2D eigenvalue weighted by Crippen LogP contribution is -2.17. The van der Waals surface area contributed by atoms with Crippen molar-refractivity contribution in [1.82, 2.24) is 4.90 Å². The maximum Gasteiger partial charge on any atom is 0.0910 e. The summed E-state index contributed by atoms with van der Waals surface area (Å²) in [5.41, 5.74) is 7.01. The first-order chi connectivity index (χ1) is 11.8. The molecule has 0 heterocycles. The minimum Gasteiger partial charge on any atom is -0.370 e. The van der Waals surface area contributed by atoms with E-state index in [1.165, 1.54) is 22.3 Å². The molecule has 25 heavy (non-hydrogen) atoms. The lowest BCUT2D eigenvalue weighted by molar-refractivity contribution is 0.552.